The van der Waals surface area contributed by atoms with Crippen LogP contribution >= 0.6 is 23.5 Å². The van der Waals surface area contributed by atoms with E-state index in [-0.39, 0.29) is 22.7 Å². The summed E-state index contributed by atoms with van der Waals surface area (Å²) in [4.78, 5) is 23.7. The Bertz CT molecular complexity index is 885. The maximum atomic E-state index is 12.8. The molecule has 1 heterocycles. The molecule has 1 amide bonds. The molecule has 28 heavy (non-hydrogen) atoms. The summed E-state index contributed by atoms with van der Waals surface area (Å²) in [6.45, 7) is 2.12. The molecule has 9 heteroatoms. The molecule has 2 aromatic carbocycles. The van der Waals surface area contributed by atoms with Crippen molar-refractivity contribution in [2.75, 3.05) is 30.5 Å². The molecule has 0 aliphatic carbocycles. The van der Waals surface area contributed by atoms with Crippen molar-refractivity contribution < 1.29 is 19.2 Å². The van der Waals surface area contributed by atoms with Crippen molar-refractivity contribution in [3.8, 4) is 11.5 Å². The number of nitrogens with one attached hydrogen (secondary N) is 1. The van der Waals surface area contributed by atoms with Crippen LogP contribution in [0, 0.1) is 10.1 Å². The molecule has 7 nitrogen and oxygen atoms in total. The minimum absolute atomic E-state index is 0.0794. The monoisotopic (exact) mass is 420 g/mol. The lowest BCUT2D eigenvalue weighted by atomic mass is 10.1. The highest BCUT2D eigenvalue weighted by Crippen LogP contribution is 2.45. The van der Waals surface area contributed by atoms with E-state index in [2.05, 4.69) is 5.32 Å². The fourth-order valence-corrected chi connectivity index (χ4v) is 5.66. The van der Waals surface area contributed by atoms with Crippen LogP contribution in [0.2, 0.25) is 0 Å². The van der Waals surface area contributed by atoms with Gasteiger partial charge in [-0.2, -0.15) is 0 Å². The summed E-state index contributed by atoms with van der Waals surface area (Å²) < 4.78 is 11.0. The lowest BCUT2D eigenvalue weighted by Gasteiger charge is -2.13. The molecule has 0 atom stereocenters. The van der Waals surface area contributed by atoms with Gasteiger partial charge in [0.25, 0.3) is 11.6 Å². The number of carbonyl (C=O) groups excluding carboxylic acids is 1. The number of ether oxygens (including phenoxy) is 2. The second kappa shape index (κ2) is 9.20. The van der Waals surface area contributed by atoms with Gasteiger partial charge in [-0.05, 0) is 24.6 Å². The summed E-state index contributed by atoms with van der Waals surface area (Å²) in [5.41, 5.74) is 1.29. The van der Waals surface area contributed by atoms with Crippen LogP contribution in [-0.4, -0.2) is 36.1 Å². The third-order valence-corrected chi connectivity index (χ3v) is 7.17. The van der Waals surface area contributed by atoms with E-state index in [1.54, 1.807) is 13.0 Å². The van der Waals surface area contributed by atoms with Gasteiger partial charge in [-0.25, -0.2) is 0 Å². The number of nitro benzene ring substituents is 1. The predicted molar refractivity (Wildman–Crippen MR) is 113 cm³/mol. The number of hydrogen-bond donors (Lipinski definition) is 1. The molecule has 0 unspecified atom stereocenters. The van der Waals surface area contributed by atoms with E-state index in [0.29, 0.717) is 16.9 Å². The number of carbonyl (C=O) groups is 1. The predicted octanol–water partition coefficient (Wildman–Crippen LogP) is 4.73. The lowest BCUT2D eigenvalue weighted by molar-refractivity contribution is -0.385. The number of hydrogen-bond acceptors (Lipinski definition) is 7. The molecule has 0 aromatic heterocycles. The first-order chi connectivity index (χ1) is 13.5. The molecule has 0 spiro atoms. The number of benzene rings is 2. The molecule has 2 aromatic rings. The standard InChI is InChI=1S/C19H20N2O5S2/c1-3-26-17-10-14(15(21(23)24)11-16(17)25-2)18(22)20-13-6-4-5-12(9-13)19-27-7-8-28-19/h4-6,9-11,19H,3,7-8H2,1-2H3,(H,20,22). The van der Waals surface area contributed by atoms with Crippen molar-refractivity contribution >= 4 is 40.8 Å². The maximum absolute atomic E-state index is 12.8. The van der Waals surface area contributed by atoms with Crippen LogP contribution in [-0.2, 0) is 0 Å². The van der Waals surface area contributed by atoms with Gasteiger partial charge in [-0.15, -0.1) is 23.5 Å². The fourth-order valence-electron chi connectivity index (χ4n) is 2.82. The first-order valence-electron chi connectivity index (χ1n) is 8.67. The largest absolute Gasteiger partial charge is 0.493 e. The number of rotatable bonds is 7. The molecule has 0 bridgehead atoms. The summed E-state index contributed by atoms with van der Waals surface area (Å²) in [7, 11) is 1.39. The van der Waals surface area contributed by atoms with Crippen LogP contribution in [0.1, 0.15) is 27.4 Å². The van der Waals surface area contributed by atoms with Crippen molar-refractivity contribution in [3.05, 3.63) is 57.6 Å². The highest BCUT2D eigenvalue weighted by Gasteiger charge is 2.25. The van der Waals surface area contributed by atoms with E-state index in [1.165, 1.54) is 19.2 Å². The Hall–Kier alpha value is -2.39. The van der Waals surface area contributed by atoms with Crippen molar-refractivity contribution in [1.29, 1.82) is 0 Å². The first kappa shape index (κ1) is 20.3. The zero-order chi connectivity index (χ0) is 20.1. The van der Waals surface area contributed by atoms with Crippen molar-refractivity contribution in [1.82, 2.24) is 0 Å². The molecule has 148 valence electrons. The van der Waals surface area contributed by atoms with Crippen molar-refractivity contribution in [2.24, 2.45) is 0 Å². The smallest absolute Gasteiger partial charge is 0.286 e. The summed E-state index contributed by atoms with van der Waals surface area (Å²) in [5.74, 6) is 2.13. The lowest BCUT2D eigenvalue weighted by Crippen LogP contribution is -2.15. The van der Waals surface area contributed by atoms with Crippen LogP contribution in [0.3, 0.4) is 0 Å². The maximum Gasteiger partial charge on any atom is 0.286 e. The topological polar surface area (TPSA) is 90.7 Å². The average Bonchev–Trinajstić information content (AvgIpc) is 3.23. The van der Waals surface area contributed by atoms with E-state index in [9.17, 15) is 14.9 Å². The molecule has 0 saturated carbocycles. The van der Waals surface area contributed by atoms with Crippen molar-refractivity contribution in [3.63, 3.8) is 0 Å². The minimum atomic E-state index is -0.602. The summed E-state index contributed by atoms with van der Waals surface area (Å²) in [5, 5.41) is 14.2. The van der Waals surface area contributed by atoms with E-state index in [0.717, 1.165) is 17.1 Å². The Morgan fingerprint density at radius 2 is 2.00 bits per heavy atom. The van der Waals surface area contributed by atoms with Gasteiger partial charge < -0.3 is 14.8 Å². The van der Waals surface area contributed by atoms with Crippen molar-refractivity contribution in [2.45, 2.75) is 11.5 Å². The van der Waals surface area contributed by atoms with Gasteiger partial charge >= 0.3 is 0 Å². The third kappa shape index (κ3) is 4.53. The van der Waals surface area contributed by atoms with Gasteiger partial charge in [0.2, 0.25) is 0 Å². The highest BCUT2D eigenvalue weighted by molar-refractivity contribution is 8.19. The van der Waals surface area contributed by atoms with Gasteiger partial charge in [0.05, 0.1) is 29.3 Å². The van der Waals surface area contributed by atoms with Crippen LogP contribution in [0.5, 0.6) is 11.5 Å². The quantitative estimate of drug-likeness (QED) is 0.511. The number of nitro groups is 1. The zero-order valence-electron chi connectivity index (χ0n) is 15.5. The number of anilines is 1. The van der Waals surface area contributed by atoms with Gasteiger partial charge in [0.15, 0.2) is 11.5 Å². The SMILES string of the molecule is CCOc1cc(C(=O)Nc2cccc(C3SCCS3)c2)c([N+](=O)[O-])cc1OC. The Balaban J connectivity index is 1.90. The van der Waals surface area contributed by atoms with Gasteiger partial charge in [0, 0.05) is 23.3 Å². The molecule has 3 rings (SSSR count). The van der Waals surface area contributed by atoms with Gasteiger partial charge in [0.1, 0.15) is 5.56 Å². The molecular weight excluding hydrogens is 400 g/mol. The first-order valence-corrected chi connectivity index (χ1v) is 10.8. The van der Waals surface area contributed by atoms with E-state index in [4.69, 9.17) is 9.47 Å². The highest BCUT2D eigenvalue weighted by atomic mass is 32.2. The Kier molecular flexibility index (Phi) is 6.69. The number of amides is 1. The fraction of sp³-hybridized carbons (Fsp3) is 0.316. The Labute approximate surface area is 171 Å². The second-order valence-corrected chi connectivity index (χ2v) is 8.59. The zero-order valence-corrected chi connectivity index (χ0v) is 17.1. The molecule has 1 fully saturated rings. The summed E-state index contributed by atoms with van der Waals surface area (Å²) >= 11 is 3.74. The van der Waals surface area contributed by atoms with Crippen LogP contribution in [0.4, 0.5) is 11.4 Å². The minimum Gasteiger partial charge on any atom is -0.493 e. The molecule has 1 aliphatic heterocycles. The number of thioether (sulfide) groups is 2. The second-order valence-electron chi connectivity index (χ2n) is 5.86. The molecule has 1 saturated heterocycles. The molecule has 0 radical (unpaired) electrons. The van der Waals surface area contributed by atoms with E-state index < -0.39 is 10.8 Å². The van der Waals surface area contributed by atoms with Crippen LogP contribution < -0.4 is 14.8 Å². The number of methoxy groups -OCH3 is 1. The molecular formula is C19H20N2O5S2. The summed E-state index contributed by atoms with van der Waals surface area (Å²) in [6.07, 6.45) is 0. The van der Waals surface area contributed by atoms with E-state index >= 15 is 0 Å². The Morgan fingerprint density at radius 1 is 1.25 bits per heavy atom. The third-order valence-electron chi connectivity index (χ3n) is 4.06. The molecule has 1 N–H and O–H groups in total. The average molecular weight is 421 g/mol. The van der Waals surface area contributed by atoms with Gasteiger partial charge in [-0.1, -0.05) is 12.1 Å². The Morgan fingerprint density at radius 3 is 2.64 bits per heavy atom. The van der Waals surface area contributed by atoms with Gasteiger partial charge in [-0.3, -0.25) is 14.9 Å². The summed E-state index contributed by atoms with van der Waals surface area (Å²) in [6, 6.07) is 10.1. The number of nitrogens with zero attached hydrogens (tertiary/aromatic N) is 1. The molecule has 1 aliphatic rings. The van der Waals surface area contributed by atoms with E-state index in [1.807, 2.05) is 41.7 Å². The normalized spacial score (nSPS) is 13.9. The van der Waals surface area contributed by atoms with Crippen LogP contribution in [0.25, 0.3) is 0 Å². The van der Waals surface area contributed by atoms with Crippen LogP contribution in [0.15, 0.2) is 36.4 Å².